The van der Waals surface area contributed by atoms with Gasteiger partial charge in [-0.25, -0.2) is 4.79 Å². The van der Waals surface area contributed by atoms with Crippen molar-refractivity contribution in [3.05, 3.63) is 48.0 Å². The van der Waals surface area contributed by atoms with Gasteiger partial charge in [0.25, 0.3) is 0 Å². The van der Waals surface area contributed by atoms with Gasteiger partial charge in [-0.3, -0.25) is 4.79 Å². The van der Waals surface area contributed by atoms with E-state index in [1.54, 1.807) is 24.3 Å². The Bertz CT molecular complexity index is 552. The molecule has 1 saturated carbocycles. The van der Waals surface area contributed by atoms with Crippen LogP contribution in [0.5, 0.6) is 0 Å². The van der Waals surface area contributed by atoms with E-state index in [4.69, 9.17) is 0 Å². The van der Waals surface area contributed by atoms with E-state index in [0.29, 0.717) is 11.5 Å². The summed E-state index contributed by atoms with van der Waals surface area (Å²) in [4.78, 5) is 23.7. The van der Waals surface area contributed by atoms with Gasteiger partial charge in [0.15, 0.2) is 6.04 Å². The number of aliphatic carboxylic acids is 1. The predicted octanol–water partition coefficient (Wildman–Crippen LogP) is 2.14. The van der Waals surface area contributed by atoms with Crippen molar-refractivity contribution in [2.75, 3.05) is 0 Å². The lowest BCUT2D eigenvalue weighted by molar-refractivity contribution is -0.142. The van der Waals surface area contributed by atoms with Gasteiger partial charge in [-0.15, -0.1) is 0 Å². The molecule has 1 amide bonds. The molecule has 0 radical (unpaired) electrons. The summed E-state index contributed by atoms with van der Waals surface area (Å²) in [5.74, 6) is -0.460. The number of allylic oxidation sites excluding steroid dienone is 2. The second kappa shape index (κ2) is 5.12. The van der Waals surface area contributed by atoms with E-state index in [2.05, 4.69) is 17.5 Å². The van der Waals surface area contributed by atoms with Crippen LogP contribution in [-0.4, -0.2) is 17.0 Å². The maximum absolute atomic E-state index is 12.3. The van der Waals surface area contributed by atoms with Crippen molar-refractivity contribution in [3.8, 4) is 0 Å². The van der Waals surface area contributed by atoms with Crippen molar-refractivity contribution >= 4 is 11.9 Å². The Morgan fingerprint density at radius 1 is 1.15 bits per heavy atom. The van der Waals surface area contributed by atoms with Crippen LogP contribution in [0, 0.1) is 17.8 Å². The first kappa shape index (κ1) is 12.9. The number of hydrogen-bond donors (Lipinski definition) is 2. The quantitative estimate of drug-likeness (QED) is 0.824. The van der Waals surface area contributed by atoms with Gasteiger partial charge in [0.2, 0.25) is 5.91 Å². The Morgan fingerprint density at radius 2 is 1.90 bits per heavy atom. The van der Waals surface area contributed by atoms with Gasteiger partial charge in [-0.1, -0.05) is 42.5 Å². The van der Waals surface area contributed by atoms with Crippen LogP contribution >= 0.6 is 0 Å². The number of amides is 1. The van der Waals surface area contributed by atoms with Crippen LogP contribution in [0.25, 0.3) is 0 Å². The maximum Gasteiger partial charge on any atom is 0.330 e. The lowest BCUT2D eigenvalue weighted by atomic mass is 9.92. The lowest BCUT2D eigenvalue weighted by Gasteiger charge is -2.21. The number of benzene rings is 1. The minimum atomic E-state index is -1.02. The minimum absolute atomic E-state index is 0.0736. The van der Waals surface area contributed by atoms with E-state index >= 15 is 0 Å². The molecule has 104 valence electrons. The summed E-state index contributed by atoms with van der Waals surface area (Å²) in [5, 5.41) is 12.0. The largest absolute Gasteiger partial charge is 0.479 e. The number of nitrogens with one attached hydrogen (secondary N) is 1. The summed E-state index contributed by atoms with van der Waals surface area (Å²) < 4.78 is 0. The van der Waals surface area contributed by atoms with E-state index in [0.717, 1.165) is 12.8 Å². The van der Waals surface area contributed by atoms with Gasteiger partial charge in [-0.05, 0) is 30.2 Å². The molecular formula is C16H17NO3. The Hall–Kier alpha value is -2.10. The molecule has 2 aliphatic rings. The summed E-state index contributed by atoms with van der Waals surface area (Å²) in [6.07, 6.45) is 6.13. The van der Waals surface area contributed by atoms with Gasteiger partial charge >= 0.3 is 5.97 Å². The van der Waals surface area contributed by atoms with Crippen LogP contribution < -0.4 is 5.32 Å². The van der Waals surface area contributed by atoms with Crippen molar-refractivity contribution in [1.29, 1.82) is 0 Å². The number of fused-ring (bicyclic) bond motifs is 2. The molecule has 2 aliphatic carbocycles. The molecule has 3 rings (SSSR count). The van der Waals surface area contributed by atoms with Crippen LogP contribution in [0.15, 0.2) is 42.5 Å². The summed E-state index contributed by atoms with van der Waals surface area (Å²) in [6, 6.07) is 7.85. The molecule has 1 aromatic rings. The second-order valence-corrected chi connectivity index (χ2v) is 5.58. The van der Waals surface area contributed by atoms with Crippen LogP contribution in [0.2, 0.25) is 0 Å². The van der Waals surface area contributed by atoms with E-state index in [9.17, 15) is 14.7 Å². The highest BCUT2D eigenvalue weighted by Crippen LogP contribution is 2.43. The zero-order valence-electron chi connectivity index (χ0n) is 11.0. The van der Waals surface area contributed by atoms with Crippen LogP contribution in [-0.2, 0) is 9.59 Å². The molecule has 3 unspecified atom stereocenters. The SMILES string of the molecule is O=C(N[C@H](C(=O)O)c1ccccc1)C1CC2C=CC1C2. The average molecular weight is 271 g/mol. The topological polar surface area (TPSA) is 66.4 Å². The monoisotopic (exact) mass is 271 g/mol. The highest BCUT2D eigenvalue weighted by Gasteiger charge is 2.40. The molecule has 2 N–H and O–H groups in total. The third-order valence-corrected chi connectivity index (χ3v) is 4.28. The van der Waals surface area contributed by atoms with E-state index in [1.165, 1.54) is 0 Å². The zero-order valence-corrected chi connectivity index (χ0v) is 11.0. The van der Waals surface area contributed by atoms with E-state index in [-0.39, 0.29) is 17.7 Å². The first-order chi connectivity index (χ1) is 9.65. The van der Waals surface area contributed by atoms with Crippen LogP contribution in [0.4, 0.5) is 0 Å². The molecule has 0 heterocycles. The number of rotatable bonds is 4. The fourth-order valence-electron chi connectivity index (χ4n) is 3.26. The van der Waals surface area contributed by atoms with Gasteiger partial charge < -0.3 is 10.4 Å². The molecule has 4 heteroatoms. The number of carbonyl (C=O) groups is 2. The molecule has 0 saturated heterocycles. The zero-order chi connectivity index (χ0) is 14.1. The normalized spacial score (nSPS) is 28.3. The number of carboxylic acid groups (broad SMARTS) is 1. The van der Waals surface area contributed by atoms with Crippen molar-refractivity contribution < 1.29 is 14.7 Å². The average Bonchev–Trinajstić information content (AvgIpc) is 3.07. The predicted molar refractivity (Wildman–Crippen MR) is 73.8 cm³/mol. The smallest absolute Gasteiger partial charge is 0.330 e. The first-order valence-electron chi connectivity index (χ1n) is 6.91. The summed E-state index contributed by atoms with van der Waals surface area (Å²) in [6.45, 7) is 0. The molecule has 0 spiro atoms. The maximum atomic E-state index is 12.3. The van der Waals surface area contributed by atoms with Crippen LogP contribution in [0.3, 0.4) is 0 Å². The Morgan fingerprint density at radius 3 is 2.45 bits per heavy atom. The summed E-state index contributed by atoms with van der Waals surface area (Å²) in [5.41, 5.74) is 0.604. The van der Waals surface area contributed by atoms with Crippen LogP contribution in [0.1, 0.15) is 24.4 Å². The van der Waals surface area contributed by atoms with Gasteiger partial charge in [0, 0.05) is 5.92 Å². The number of hydrogen-bond acceptors (Lipinski definition) is 2. The standard InChI is InChI=1S/C16H17NO3/c18-15(13-9-10-6-7-12(13)8-10)17-14(16(19)20)11-4-2-1-3-5-11/h1-7,10,12-14H,8-9H2,(H,17,18)(H,19,20)/t10?,12?,13?,14-/m0/s1. The molecule has 20 heavy (non-hydrogen) atoms. The summed E-state index contributed by atoms with van der Waals surface area (Å²) >= 11 is 0. The molecule has 1 fully saturated rings. The highest BCUT2D eigenvalue weighted by molar-refractivity contribution is 5.86. The van der Waals surface area contributed by atoms with Crippen molar-refractivity contribution in [1.82, 2.24) is 5.32 Å². The molecule has 2 bridgehead atoms. The molecular weight excluding hydrogens is 254 g/mol. The van der Waals surface area contributed by atoms with Crippen molar-refractivity contribution in [2.24, 2.45) is 17.8 Å². The Balaban J connectivity index is 1.73. The molecule has 4 nitrogen and oxygen atoms in total. The third-order valence-electron chi connectivity index (χ3n) is 4.28. The van der Waals surface area contributed by atoms with Gasteiger partial charge in [-0.2, -0.15) is 0 Å². The van der Waals surface area contributed by atoms with E-state index in [1.807, 2.05) is 6.07 Å². The lowest BCUT2D eigenvalue weighted by Crippen LogP contribution is -2.39. The van der Waals surface area contributed by atoms with Gasteiger partial charge in [0.05, 0.1) is 0 Å². The molecule has 0 aromatic heterocycles. The number of carboxylic acids is 1. The van der Waals surface area contributed by atoms with Gasteiger partial charge in [0.1, 0.15) is 0 Å². The second-order valence-electron chi connectivity index (χ2n) is 5.58. The van der Waals surface area contributed by atoms with Crippen molar-refractivity contribution in [2.45, 2.75) is 18.9 Å². The summed E-state index contributed by atoms with van der Waals surface area (Å²) in [7, 11) is 0. The Kier molecular flexibility index (Phi) is 3.30. The first-order valence-corrected chi connectivity index (χ1v) is 6.91. The van der Waals surface area contributed by atoms with E-state index < -0.39 is 12.0 Å². The van der Waals surface area contributed by atoms with Crippen molar-refractivity contribution in [3.63, 3.8) is 0 Å². The fourth-order valence-corrected chi connectivity index (χ4v) is 3.26. The minimum Gasteiger partial charge on any atom is -0.479 e. The highest BCUT2D eigenvalue weighted by atomic mass is 16.4. The third kappa shape index (κ3) is 2.33. The molecule has 1 aromatic carbocycles. The molecule has 4 atom stereocenters. The number of carbonyl (C=O) groups excluding carboxylic acids is 1. The fraction of sp³-hybridized carbons (Fsp3) is 0.375. The Labute approximate surface area is 117 Å². The molecule has 0 aliphatic heterocycles.